The van der Waals surface area contributed by atoms with E-state index in [1.807, 2.05) is 11.4 Å². The van der Waals surface area contributed by atoms with Gasteiger partial charge in [-0.3, -0.25) is 4.79 Å². The smallest absolute Gasteiger partial charge is 0.307 e. The molecule has 4 nitrogen and oxygen atoms in total. The van der Waals surface area contributed by atoms with Gasteiger partial charge in [0, 0.05) is 16.5 Å². The van der Waals surface area contributed by atoms with Crippen molar-refractivity contribution in [3.8, 4) is 21.9 Å². The number of rotatable bonds is 3. The van der Waals surface area contributed by atoms with Crippen LogP contribution in [0.25, 0.3) is 10.4 Å². The average Bonchev–Trinajstić information content (AvgIpc) is 2.68. The second-order valence-electron chi connectivity index (χ2n) is 3.55. The van der Waals surface area contributed by atoms with Crippen molar-refractivity contribution in [2.45, 2.75) is 6.42 Å². The summed E-state index contributed by atoms with van der Waals surface area (Å²) in [5.74, 6) is -1.25. The molecular formula is C12H10O4S. The second-order valence-corrected chi connectivity index (χ2v) is 4.49. The molecule has 0 bridgehead atoms. The van der Waals surface area contributed by atoms with Crippen LogP contribution >= 0.6 is 11.3 Å². The maximum Gasteiger partial charge on any atom is 0.307 e. The minimum atomic E-state index is -1.01. The lowest BCUT2D eigenvalue weighted by Crippen LogP contribution is -2.01. The van der Waals surface area contributed by atoms with Gasteiger partial charge in [0.15, 0.2) is 0 Å². The molecule has 0 spiro atoms. The Bertz CT molecular complexity index is 546. The highest BCUT2D eigenvalue weighted by Crippen LogP contribution is 2.38. The Balaban J connectivity index is 2.59. The lowest BCUT2D eigenvalue weighted by atomic mass is 10.0. The molecule has 1 aromatic carbocycles. The Morgan fingerprint density at radius 3 is 2.65 bits per heavy atom. The van der Waals surface area contributed by atoms with Gasteiger partial charge in [-0.2, -0.15) is 0 Å². The topological polar surface area (TPSA) is 77.8 Å². The minimum absolute atomic E-state index is 0.108. The number of phenols is 2. The van der Waals surface area contributed by atoms with Crippen LogP contribution in [0.1, 0.15) is 5.56 Å². The van der Waals surface area contributed by atoms with Crippen molar-refractivity contribution in [3.05, 3.63) is 35.2 Å². The van der Waals surface area contributed by atoms with Crippen LogP contribution in [0.15, 0.2) is 29.6 Å². The third-order valence-electron chi connectivity index (χ3n) is 2.29. The maximum absolute atomic E-state index is 10.8. The molecule has 2 rings (SSSR count). The number of phenolic OH excluding ortho intramolecular Hbond substituents is 2. The summed E-state index contributed by atoms with van der Waals surface area (Å²) in [6.07, 6.45) is -0.241. The lowest BCUT2D eigenvalue weighted by molar-refractivity contribution is -0.136. The number of aromatic hydroxyl groups is 2. The van der Waals surface area contributed by atoms with Gasteiger partial charge < -0.3 is 15.3 Å². The van der Waals surface area contributed by atoms with Crippen LogP contribution in [0.3, 0.4) is 0 Å². The zero-order valence-electron chi connectivity index (χ0n) is 8.75. The molecule has 88 valence electrons. The highest BCUT2D eigenvalue weighted by molar-refractivity contribution is 7.13. The van der Waals surface area contributed by atoms with E-state index < -0.39 is 5.97 Å². The summed E-state index contributed by atoms with van der Waals surface area (Å²) in [5, 5.41) is 29.8. The first-order valence-electron chi connectivity index (χ1n) is 4.88. The molecule has 0 atom stereocenters. The van der Waals surface area contributed by atoms with Crippen molar-refractivity contribution < 1.29 is 20.1 Å². The molecule has 0 unspecified atom stereocenters. The van der Waals surface area contributed by atoms with Crippen molar-refractivity contribution in [2.75, 3.05) is 0 Å². The van der Waals surface area contributed by atoms with Gasteiger partial charge in [0.25, 0.3) is 0 Å². The normalized spacial score (nSPS) is 10.4. The van der Waals surface area contributed by atoms with Gasteiger partial charge in [-0.1, -0.05) is 6.07 Å². The Labute approximate surface area is 101 Å². The fraction of sp³-hybridized carbons (Fsp3) is 0.0833. The predicted molar refractivity (Wildman–Crippen MR) is 64.4 cm³/mol. The summed E-state index contributed by atoms with van der Waals surface area (Å²) in [7, 11) is 0. The maximum atomic E-state index is 10.8. The fourth-order valence-electron chi connectivity index (χ4n) is 1.68. The molecular weight excluding hydrogens is 240 g/mol. The summed E-state index contributed by atoms with van der Waals surface area (Å²) < 4.78 is 0. The van der Waals surface area contributed by atoms with Gasteiger partial charge in [-0.05, 0) is 23.1 Å². The van der Waals surface area contributed by atoms with Crippen molar-refractivity contribution in [1.29, 1.82) is 0 Å². The van der Waals surface area contributed by atoms with E-state index in [1.54, 1.807) is 6.07 Å². The first kappa shape index (κ1) is 11.5. The molecule has 5 heteroatoms. The molecule has 3 N–H and O–H groups in total. The number of hydrogen-bond donors (Lipinski definition) is 3. The molecule has 0 aliphatic carbocycles. The largest absolute Gasteiger partial charge is 0.508 e. The first-order chi connectivity index (χ1) is 8.08. The molecule has 17 heavy (non-hydrogen) atoms. The van der Waals surface area contributed by atoms with Gasteiger partial charge in [0.1, 0.15) is 11.5 Å². The van der Waals surface area contributed by atoms with E-state index in [1.165, 1.54) is 23.5 Å². The number of thiophene rings is 1. The van der Waals surface area contributed by atoms with E-state index in [2.05, 4.69) is 0 Å². The van der Waals surface area contributed by atoms with Gasteiger partial charge in [-0.25, -0.2) is 0 Å². The van der Waals surface area contributed by atoms with Crippen molar-refractivity contribution in [2.24, 2.45) is 0 Å². The second kappa shape index (κ2) is 4.47. The molecule has 1 aromatic heterocycles. The number of carbonyl (C=O) groups is 1. The number of carboxylic acids is 1. The molecule has 0 saturated heterocycles. The Hall–Kier alpha value is -2.01. The molecule has 1 heterocycles. The van der Waals surface area contributed by atoms with Crippen LogP contribution < -0.4 is 0 Å². The molecule has 0 fully saturated rings. The minimum Gasteiger partial charge on any atom is -0.508 e. The summed E-state index contributed by atoms with van der Waals surface area (Å²) in [4.78, 5) is 11.5. The predicted octanol–water partition coefficient (Wildman–Crippen LogP) is 2.45. The molecule has 0 aliphatic rings. The standard InChI is InChI=1S/C12H10O4S/c13-8-4-7(5-11(15)16)12(9(14)6-8)10-2-1-3-17-10/h1-4,6,13-14H,5H2,(H,15,16). The number of hydrogen-bond acceptors (Lipinski definition) is 4. The fourth-order valence-corrected chi connectivity index (χ4v) is 2.49. The van der Waals surface area contributed by atoms with Gasteiger partial charge >= 0.3 is 5.97 Å². The zero-order chi connectivity index (χ0) is 12.4. The van der Waals surface area contributed by atoms with Crippen LogP contribution in [0.4, 0.5) is 0 Å². The molecule has 0 aliphatic heterocycles. The summed E-state index contributed by atoms with van der Waals surface area (Å²) in [6, 6.07) is 6.18. The van der Waals surface area contributed by atoms with Crippen LogP contribution in [-0.4, -0.2) is 21.3 Å². The highest BCUT2D eigenvalue weighted by atomic mass is 32.1. The van der Waals surface area contributed by atoms with Crippen molar-refractivity contribution in [1.82, 2.24) is 0 Å². The number of aliphatic carboxylic acids is 1. The summed E-state index contributed by atoms with van der Waals surface area (Å²) in [6.45, 7) is 0. The van der Waals surface area contributed by atoms with Crippen LogP contribution in [0.5, 0.6) is 11.5 Å². The van der Waals surface area contributed by atoms with E-state index >= 15 is 0 Å². The third-order valence-corrected chi connectivity index (χ3v) is 3.18. The van der Waals surface area contributed by atoms with Crippen molar-refractivity contribution >= 4 is 17.3 Å². The quantitative estimate of drug-likeness (QED) is 0.782. The molecule has 0 amide bonds. The monoisotopic (exact) mass is 250 g/mol. The Morgan fingerprint density at radius 2 is 2.06 bits per heavy atom. The summed E-state index contributed by atoms with van der Waals surface area (Å²) in [5.41, 5.74) is 0.873. The van der Waals surface area contributed by atoms with Crippen LogP contribution in [0, 0.1) is 0 Å². The Morgan fingerprint density at radius 1 is 1.29 bits per heavy atom. The highest BCUT2D eigenvalue weighted by Gasteiger charge is 2.15. The van der Waals surface area contributed by atoms with Crippen LogP contribution in [0.2, 0.25) is 0 Å². The van der Waals surface area contributed by atoms with Crippen molar-refractivity contribution in [3.63, 3.8) is 0 Å². The first-order valence-corrected chi connectivity index (χ1v) is 5.76. The summed E-state index contributed by atoms with van der Waals surface area (Å²) >= 11 is 1.40. The molecule has 0 radical (unpaired) electrons. The number of benzene rings is 1. The van der Waals surface area contributed by atoms with E-state index in [9.17, 15) is 15.0 Å². The van der Waals surface area contributed by atoms with E-state index in [4.69, 9.17) is 5.11 Å². The Kier molecular flexibility index (Phi) is 3.01. The van der Waals surface area contributed by atoms with Gasteiger partial charge in [-0.15, -0.1) is 11.3 Å². The van der Waals surface area contributed by atoms with Gasteiger partial charge in [0.2, 0.25) is 0 Å². The molecule has 0 saturated carbocycles. The van der Waals surface area contributed by atoms with Gasteiger partial charge in [0.05, 0.1) is 6.42 Å². The third kappa shape index (κ3) is 2.39. The van der Waals surface area contributed by atoms with E-state index in [0.29, 0.717) is 11.1 Å². The average molecular weight is 250 g/mol. The number of carboxylic acid groups (broad SMARTS) is 1. The zero-order valence-corrected chi connectivity index (χ0v) is 9.57. The molecule has 2 aromatic rings. The van der Waals surface area contributed by atoms with E-state index in [-0.39, 0.29) is 17.9 Å². The lowest BCUT2D eigenvalue weighted by Gasteiger charge is -2.09. The SMILES string of the molecule is O=C(O)Cc1cc(O)cc(O)c1-c1cccs1. The van der Waals surface area contributed by atoms with Crippen LogP contribution in [-0.2, 0) is 11.2 Å². The van der Waals surface area contributed by atoms with E-state index in [0.717, 1.165) is 4.88 Å².